The Hall–Kier alpha value is -0.670. The zero-order valence-electron chi connectivity index (χ0n) is 13.8. The van der Waals surface area contributed by atoms with E-state index in [1.54, 1.807) is 0 Å². The molecule has 0 heterocycles. The van der Waals surface area contributed by atoms with Gasteiger partial charge in [-0.2, -0.15) is 11.8 Å². The molecule has 118 valence electrons. The van der Waals surface area contributed by atoms with Crippen molar-refractivity contribution in [1.82, 2.24) is 5.32 Å². The summed E-state index contributed by atoms with van der Waals surface area (Å²) in [5.74, 6) is 1.25. The van der Waals surface area contributed by atoms with Crippen LogP contribution in [0.25, 0.3) is 0 Å². The predicted octanol–water partition coefficient (Wildman–Crippen LogP) is 4.30. The number of thioether (sulfide) groups is 1. The maximum absolute atomic E-state index is 3.74. The molecule has 1 aliphatic rings. The molecule has 1 aromatic rings. The van der Waals surface area contributed by atoms with Gasteiger partial charge in [0.2, 0.25) is 0 Å². The molecule has 2 unspecified atom stereocenters. The second-order valence-electron chi connectivity index (χ2n) is 5.81. The average molecular weight is 307 g/mol. The highest BCUT2D eigenvalue weighted by molar-refractivity contribution is 7.99. The summed E-state index contributed by atoms with van der Waals surface area (Å²) in [4.78, 5) is 2.39. The molecule has 0 bridgehead atoms. The summed E-state index contributed by atoms with van der Waals surface area (Å²) in [5.41, 5.74) is 2.74. The lowest BCUT2D eigenvalue weighted by Gasteiger charge is -2.21. The van der Waals surface area contributed by atoms with Crippen LogP contribution in [0.5, 0.6) is 0 Å². The van der Waals surface area contributed by atoms with E-state index in [9.17, 15) is 0 Å². The number of hydrogen-bond donors (Lipinski definition) is 1. The molecule has 1 aliphatic carbocycles. The van der Waals surface area contributed by atoms with Gasteiger partial charge in [0.15, 0.2) is 0 Å². The number of hydrogen-bond acceptors (Lipinski definition) is 3. The normalized spacial score (nSPS) is 21.7. The average Bonchev–Trinajstić information content (AvgIpc) is 2.96. The minimum atomic E-state index is 0.719. The predicted molar refractivity (Wildman–Crippen MR) is 96.4 cm³/mol. The Balaban J connectivity index is 1.79. The third-order valence-corrected chi connectivity index (χ3v) is 5.68. The zero-order chi connectivity index (χ0) is 15.1. The number of benzene rings is 1. The Kier molecular flexibility index (Phi) is 6.91. The molecule has 1 N–H and O–H groups in total. The summed E-state index contributed by atoms with van der Waals surface area (Å²) in [7, 11) is 0. The molecule has 0 radical (unpaired) electrons. The Morgan fingerprint density at radius 1 is 1.10 bits per heavy atom. The highest BCUT2D eigenvalue weighted by Crippen LogP contribution is 2.29. The van der Waals surface area contributed by atoms with Crippen molar-refractivity contribution < 1.29 is 0 Å². The number of nitrogens with one attached hydrogen (secondary N) is 1. The van der Waals surface area contributed by atoms with E-state index in [-0.39, 0.29) is 0 Å². The Morgan fingerprint density at radius 2 is 1.81 bits per heavy atom. The molecule has 0 amide bonds. The first-order chi connectivity index (χ1) is 10.3. The zero-order valence-corrected chi connectivity index (χ0v) is 14.6. The molecule has 21 heavy (non-hydrogen) atoms. The monoisotopic (exact) mass is 306 g/mol. The van der Waals surface area contributed by atoms with Crippen molar-refractivity contribution >= 4 is 17.4 Å². The van der Waals surface area contributed by atoms with Gasteiger partial charge in [-0.15, -0.1) is 0 Å². The fourth-order valence-electron chi connectivity index (χ4n) is 3.19. The summed E-state index contributed by atoms with van der Waals surface area (Å²) < 4.78 is 0. The van der Waals surface area contributed by atoms with Crippen molar-refractivity contribution in [1.29, 1.82) is 0 Å². The molecular weight excluding hydrogens is 276 g/mol. The molecule has 2 atom stereocenters. The van der Waals surface area contributed by atoms with Crippen LogP contribution in [-0.4, -0.2) is 30.1 Å². The molecule has 1 saturated carbocycles. The molecule has 0 aliphatic heterocycles. The summed E-state index contributed by atoms with van der Waals surface area (Å²) >= 11 is 2.13. The van der Waals surface area contributed by atoms with Crippen LogP contribution in [0.1, 0.15) is 45.6 Å². The molecule has 2 rings (SSSR count). The van der Waals surface area contributed by atoms with E-state index in [1.807, 2.05) is 0 Å². The van der Waals surface area contributed by atoms with Crippen LogP contribution >= 0.6 is 11.8 Å². The van der Waals surface area contributed by atoms with Gasteiger partial charge in [0, 0.05) is 36.6 Å². The van der Waals surface area contributed by atoms with Crippen molar-refractivity contribution in [2.45, 2.75) is 57.9 Å². The maximum atomic E-state index is 3.74. The fraction of sp³-hybridized carbons (Fsp3) is 0.667. The number of anilines is 1. The van der Waals surface area contributed by atoms with Gasteiger partial charge in [0.1, 0.15) is 0 Å². The van der Waals surface area contributed by atoms with Crippen LogP contribution < -0.4 is 10.2 Å². The Morgan fingerprint density at radius 3 is 2.43 bits per heavy atom. The van der Waals surface area contributed by atoms with Crippen LogP contribution in [0.2, 0.25) is 0 Å². The quantitative estimate of drug-likeness (QED) is 0.771. The van der Waals surface area contributed by atoms with E-state index >= 15 is 0 Å². The minimum absolute atomic E-state index is 0.719. The summed E-state index contributed by atoms with van der Waals surface area (Å²) in [6.07, 6.45) is 4.07. The van der Waals surface area contributed by atoms with Gasteiger partial charge in [0.05, 0.1) is 0 Å². The second kappa shape index (κ2) is 8.70. The Bertz CT molecular complexity index is 400. The highest BCUT2D eigenvalue weighted by Gasteiger charge is 2.23. The van der Waals surface area contributed by atoms with Crippen LogP contribution in [-0.2, 0) is 6.54 Å². The van der Waals surface area contributed by atoms with E-state index in [0.717, 1.165) is 30.9 Å². The first-order valence-corrected chi connectivity index (χ1v) is 9.50. The molecule has 2 nitrogen and oxygen atoms in total. The SMILES string of the molecule is CCSC1CCC(NCc2ccc(N(CC)CC)cc2)C1. The van der Waals surface area contributed by atoms with Crippen molar-refractivity contribution in [3.63, 3.8) is 0 Å². The van der Waals surface area contributed by atoms with Gasteiger partial charge in [-0.05, 0) is 56.6 Å². The summed E-state index contributed by atoms with van der Waals surface area (Å²) in [5, 5.41) is 4.62. The molecule has 1 aromatic carbocycles. The van der Waals surface area contributed by atoms with Gasteiger partial charge < -0.3 is 10.2 Å². The summed E-state index contributed by atoms with van der Waals surface area (Å²) in [6, 6.07) is 9.78. The molecule has 0 saturated heterocycles. The third-order valence-electron chi connectivity index (χ3n) is 4.45. The van der Waals surface area contributed by atoms with Crippen LogP contribution in [0.15, 0.2) is 24.3 Å². The van der Waals surface area contributed by atoms with Gasteiger partial charge in [0.25, 0.3) is 0 Å². The van der Waals surface area contributed by atoms with Crippen molar-refractivity contribution in [2.24, 2.45) is 0 Å². The van der Waals surface area contributed by atoms with E-state index in [4.69, 9.17) is 0 Å². The second-order valence-corrected chi connectivity index (χ2v) is 7.38. The standard InChI is InChI=1S/C18H30N2S/c1-4-20(5-2)17-10-7-15(8-11-17)14-19-16-9-12-18(13-16)21-6-3/h7-8,10-11,16,18-19H,4-6,9,12-14H2,1-3H3. The van der Waals surface area contributed by atoms with Crippen LogP contribution in [0, 0.1) is 0 Å². The topological polar surface area (TPSA) is 15.3 Å². The number of rotatable bonds is 8. The van der Waals surface area contributed by atoms with Gasteiger partial charge >= 0.3 is 0 Å². The smallest absolute Gasteiger partial charge is 0.0366 e. The van der Waals surface area contributed by atoms with Crippen molar-refractivity contribution in [3.8, 4) is 0 Å². The number of nitrogens with zero attached hydrogens (tertiary/aromatic N) is 1. The third kappa shape index (κ3) is 4.93. The van der Waals surface area contributed by atoms with Crippen LogP contribution in [0.4, 0.5) is 5.69 Å². The van der Waals surface area contributed by atoms with Gasteiger partial charge in [-0.3, -0.25) is 0 Å². The largest absolute Gasteiger partial charge is 0.372 e. The van der Waals surface area contributed by atoms with E-state index in [2.05, 4.69) is 67.0 Å². The summed E-state index contributed by atoms with van der Waals surface area (Å²) in [6.45, 7) is 9.85. The van der Waals surface area contributed by atoms with E-state index in [0.29, 0.717) is 0 Å². The van der Waals surface area contributed by atoms with Gasteiger partial charge in [-0.1, -0.05) is 19.1 Å². The highest BCUT2D eigenvalue weighted by atomic mass is 32.2. The lowest BCUT2D eigenvalue weighted by molar-refractivity contribution is 0.525. The lowest BCUT2D eigenvalue weighted by atomic mass is 10.1. The lowest BCUT2D eigenvalue weighted by Crippen LogP contribution is -2.26. The fourth-order valence-corrected chi connectivity index (χ4v) is 4.33. The first kappa shape index (κ1) is 16.7. The molecular formula is C18H30N2S. The van der Waals surface area contributed by atoms with E-state index in [1.165, 1.54) is 36.3 Å². The van der Waals surface area contributed by atoms with Crippen LogP contribution in [0.3, 0.4) is 0 Å². The molecule has 0 aromatic heterocycles. The van der Waals surface area contributed by atoms with E-state index < -0.39 is 0 Å². The maximum Gasteiger partial charge on any atom is 0.0366 e. The van der Waals surface area contributed by atoms with Crippen molar-refractivity contribution in [3.05, 3.63) is 29.8 Å². The van der Waals surface area contributed by atoms with Gasteiger partial charge in [-0.25, -0.2) is 0 Å². The Labute approximate surface area is 134 Å². The minimum Gasteiger partial charge on any atom is -0.372 e. The molecule has 0 spiro atoms. The van der Waals surface area contributed by atoms with Crippen molar-refractivity contribution in [2.75, 3.05) is 23.7 Å². The molecule has 1 fully saturated rings. The first-order valence-electron chi connectivity index (χ1n) is 8.45. The molecule has 3 heteroatoms.